The van der Waals surface area contributed by atoms with Crippen LogP contribution in [0.5, 0.6) is 0 Å². The van der Waals surface area contributed by atoms with Crippen LogP contribution in [0.4, 0.5) is 0 Å². The average molecular weight is 338 g/mol. The van der Waals surface area contributed by atoms with Crippen LogP contribution in [0.2, 0.25) is 0 Å². The number of carbonyl (C=O) groups is 1. The fourth-order valence-electron chi connectivity index (χ4n) is 3.18. The topological polar surface area (TPSA) is 41.6 Å². The van der Waals surface area contributed by atoms with Crippen molar-refractivity contribution in [2.75, 3.05) is 26.3 Å². The van der Waals surface area contributed by atoms with Crippen LogP contribution in [0.15, 0.2) is 54.6 Å². The fourth-order valence-corrected chi connectivity index (χ4v) is 3.18. The van der Waals surface area contributed by atoms with Gasteiger partial charge in [-0.1, -0.05) is 49.4 Å². The van der Waals surface area contributed by atoms with Crippen molar-refractivity contribution in [3.63, 3.8) is 0 Å². The van der Waals surface area contributed by atoms with Crippen LogP contribution < -0.4 is 5.32 Å². The molecule has 0 bridgehead atoms. The van der Waals surface area contributed by atoms with E-state index in [0.29, 0.717) is 0 Å². The standard InChI is InChI=1S/C21H26N2O2/c1-2-20(18-8-4-3-5-9-18)22-21(24)19-10-6-7-17(15-19)16-23-11-13-25-14-12-23/h3-10,15,20H,2,11-14,16H2,1H3,(H,22,24)/t20-/m1/s1. The Morgan fingerprint density at radius 3 is 2.60 bits per heavy atom. The van der Waals surface area contributed by atoms with E-state index in [4.69, 9.17) is 4.74 Å². The molecule has 25 heavy (non-hydrogen) atoms. The van der Waals surface area contributed by atoms with E-state index in [1.807, 2.05) is 36.4 Å². The quantitative estimate of drug-likeness (QED) is 0.878. The Bertz CT molecular complexity index is 681. The molecule has 4 nitrogen and oxygen atoms in total. The summed E-state index contributed by atoms with van der Waals surface area (Å²) in [6.45, 7) is 6.42. The van der Waals surface area contributed by atoms with Gasteiger partial charge in [-0.05, 0) is 29.7 Å². The normalized spacial score (nSPS) is 16.4. The average Bonchev–Trinajstić information content (AvgIpc) is 2.67. The first-order valence-corrected chi connectivity index (χ1v) is 9.01. The van der Waals surface area contributed by atoms with Crippen LogP contribution in [-0.4, -0.2) is 37.1 Å². The maximum Gasteiger partial charge on any atom is 0.251 e. The number of amides is 1. The first kappa shape index (κ1) is 17.6. The van der Waals surface area contributed by atoms with Crippen molar-refractivity contribution < 1.29 is 9.53 Å². The Balaban J connectivity index is 1.66. The minimum Gasteiger partial charge on any atom is -0.379 e. The first-order valence-electron chi connectivity index (χ1n) is 9.01. The molecule has 1 atom stereocenters. The second-order valence-corrected chi connectivity index (χ2v) is 6.43. The van der Waals surface area contributed by atoms with E-state index >= 15 is 0 Å². The van der Waals surface area contributed by atoms with Gasteiger partial charge in [-0.25, -0.2) is 0 Å². The SMILES string of the molecule is CC[C@@H](NC(=O)c1cccc(CN2CCOCC2)c1)c1ccccc1. The molecule has 2 aromatic carbocycles. The molecule has 1 heterocycles. The van der Waals surface area contributed by atoms with Gasteiger partial charge in [0.25, 0.3) is 5.91 Å². The zero-order valence-corrected chi connectivity index (χ0v) is 14.8. The van der Waals surface area contributed by atoms with Gasteiger partial charge < -0.3 is 10.1 Å². The molecular formula is C21H26N2O2. The summed E-state index contributed by atoms with van der Waals surface area (Å²) < 4.78 is 5.39. The van der Waals surface area contributed by atoms with Gasteiger partial charge in [0.2, 0.25) is 0 Å². The van der Waals surface area contributed by atoms with E-state index in [0.717, 1.165) is 50.4 Å². The van der Waals surface area contributed by atoms with Crippen molar-refractivity contribution in [3.8, 4) is 0 Å². The second kappa shape index (κ2) is 8.79. The Morgan fingerprint density at radius 1 is 1.12 bits per heavy atom. The minimum atomic E-state index is -0.0143. The highest BCUT2D eigenvalue weighted by molar-refractivity contribution is 5.94. The Hall–Kier alpha value is -2.17. The van der Waals surface area contributed by atoms with E-state index in [-0.39, 0.29) is 11.9 Å². The molecule has 0 saturated carbocycles. The van der Waals surface area contributed by atoms with Crippen molar-refractivity contribution in [1.29, 1.82) is 0 Å². The summed E-state index contributed by atoms with van der Waals surface area (Å²) in [6.07, 6.45) is 0.864. The minimum absolute atomic E-state index is 0.0143. The van der Waals surface area contributed by atoms with Crippen molar-refractivity contribution in [3.05, 3.63) is 71.3 Å². The van der Waals surface area contributed by atoms with Gasteiger partial charge in [-0.15, -0.1) is 0 Å². The fraction of sp³-hybridized carbons (Fsp3) is 0.381. The number of ether oxygens (including phenoxy) is 1. The lowest BCUT2D eigenvalue weighted by atomic mass is 10.0. The van der Waals surface area contributed by atoms with E-state index in [1.54, 1.807) is 0 Å². The molecule has 0 unspecified atom stereocenters. The highest BCUT2D eigenvalue weighted by atomic mass is 16.5. The maximum absolute atomic E-state index is 12.7. The van der Waals surface area contributed by atoms with Crippen molar-refractivity contribution in [1.82, 2.24) is 10.2 Å². The third kappa shape index (κ3) is 4.91. The Kier molecular flexibility index (Phi) is 6.20. The lowest BCUT2D eigenvalue weighted by Gasteiger charge is -2.26. The van der Waals surface area contributed by atoms with Crippen LogP contribution in [0, 0.1) is 0 Å². The molecule has 1 amide bonds. The molecule has 1 fully saturated rings. The van der Waals surface area contributed by atoms with Gasteiger partial charge in [0, 0.05) is 25.2 Å². The third-order valence-electron chi connectivity index (χ3n) is 4.61. The molecule has 132 valence electrons. The summed E-state index contributed by atoms with van der Waals surface area (Å²) in [4.78, 5) is 15.0. The molecule has 0 aromatic heterocycles. The van der Waals surface area contributed by atoms with Crippen molar-refractivity contribution in [2.45, 2.75) is 25.9 Å². The summed E-state index contributed by atoms with van der Waals surface area (Å²) in [5.41, 5.74) is 3.03. The second-order valence-electron chi connectivity index (χ2n) is 6.43. The highest BCUT2D eigenvalue weighted by Gasteiger charge is 2.15. The number of hydrogen-bond acceptors (Lipinski definition) is 3. The summed E-state index contributed by atoms with van der Waals surface area (Å²) in [5.74, 6) is -0.0143. The molecule has 1 aliphatic rings. The third-order valence-corrected chi connectivity index (χ3v) is 4.61. The van der Waals surface area contributed by atoms with Gasteiger partial charge >= 0.3 is 0 Å². The number of benzene rings is 2. The maximum atomic E-state index is 12.7. The number of morpholine rings is 1. The molecular weight excluding hydrogens is 312 g/mol. The van der Waals surface area contributed by atoms with Crippen LogP contribution in [0.3, 0.4) is 0 Å². The Labute approximate surface area is 149 Å². The molecule has 1 aliphatic heterocycles. The zero-order valence-electron chi connectivity index (χ0n) is 14.8. The summed E-state index contributed by atoms with van der Waals surface area (Å²) in [6, 6.07) is 18.1. The smallest absolute Gasteiger partial charge is 0.251 e. The zero-order chi connectivity index (χ0) is 17.5. The van der Waals surface area contributed by atoms with Crippen LogP contribution in [0.25, 0.3) is 0 Å². The molecule has 4 heteroatoms. The molecule has 3 rings (SSSR count). The van der Waals surface area contributed by atoms with E-state index < -0.39 is 0 Å². The number of nitrogens with zero attached hydrogens (tertiary/aromatic N) is 1. The van der Waals surface area contributed by atoms with Crippen LogP contribution in [-0.2, 0) is 11.3 Å². The van der Waals surface area contributed by atoms with Crippen LogP contribution >= 0.6 is 0 Å². The lowest BCUT2D eigenvalue weighted by molar-refractivity contribution is 0.0342. The van der Waals surface area contributed by atoms with Crippen molar-refractivity contribution >= 4 is 5.91 Å². The van der Waals surface area contributed by atoms with Gasteiger partial charge in [-0.3, -0.25) is 9.69 Å². The number of carbonyl (C=O) groups excluding carboxylic acids is 1. The summed E-state index contributed by atoms with van der Waals surface area (Å²) in [5, 5.41) is 3.16. The number of nitrogens with one attached hydrogen (secondary N) is 1. The summed E-state index contributed by atoms with van der Waals surface area (Å²) in [7, 11) is 0. The van der Waals surface area contributed by atoms with Gasteiger partial charge in [0.1, 0.15) is 0 Å². The van der Waals surface area contributed by atoms with Gasteiger partial charge in [0.15, 0.2) is 0 Å². The molecule has 1 N–H and O–H groups in total. The lowest BCUT2D eigenvalue weighted by Crippen LogP contribution is -2.35. The van der Waals surface area contributed by atoms with E-state index in [1.165, 1.54) is 5.56 Å². The highest BCUT2D eigenvalue weighted by Crippen LogP contribution is 2.17. The Morgan fingerprint density at radius 2 is 1.88 bits per heavy atom. The predicted molar refractivity (Wildman–Crippen MR) is 99.5 cm³/mol. The predicted octanol–water partition coefficient (Wildman–Crippen LogP) is 3.40. The number of hydrogen-bond donors (Lipinski definition) is 1. The molecule has 1 saturated heterocycles. The molecule has 0 aliphatic carbocycles. The molecule has 0 spiro atoms. The molecule has 2 aromatic rings. The first-order chi connectivity index (χ1) is 12.3. The molecule has 0 radical (unpaired) electrons. The van der Waals surface area contributed by atoms with Gasteiger partial charge in [0.05, 0.1) is 19.3 Å². The van der Waals surface area contributed by atoms with Crippen molar-refractivity contribution in [2.24, 2.45) is 0 Å². The van der Waals surface area contributed by atoms with E-state index in [9.17, 15) is 4.79 Å². The van der Waals surface area contributed by atoms with E-state index in [2.05, 4.69) is 35.3 Å². The monoisotopic (exact) mass is 338 g/mol. The summed E-state index contributed by atoms with van der Waals surface area (Å²) >= 11 is 0. The largest absolute Gasteiger partial charge is 0.379 e. The number of rotatable bonds is 6. The van der Waals surface area contributed by atoms with Gasteiger partial charge in [-0.2, -0.15) is 0 Å². The van der Waals surface area contributed by atoms with Crippen LogP contribution in [0.1, 0.15) is 40.9 Å².